The van der Waals surface area contributed by atoms with Gasteiger partial charge in [0.2, 0.25) is 0 Å². The number of methoxy groups -OCH3 is 1. The van der Waals surface area contributed by atoms with Gasteiger partial charge in [0, 0.05) is 24.7 Å². The van der Waals surface area contributed by atoms with Gasteiger partial charge >= 0.3 is 0 Å². The van der Waals surface area contributed by atoms with E-state index >= 15 is 0 Å². The third kappa shape index (κ3) is 4.11. The summed E-state index contributed by atoms with van der Waals surface area (Å²) in [5, 5.41) is 0. The van der Waals surface area contributed by atoms with Gasteiger partial charge in [0.15, 0.2) is 6.61 Å². The Morgan fingerprint density at radius 3 is 2.90 bits per heavy atom. The summed E-state index contributed by atoms with van der Waals surface area (Å²) >= 11 is 0. The normalized spacial score (nSPS) is 20.0. The van der Waals surface area contributed by atoms with Gasteiger partial charge < -0.3 is 20.1 Å². The molecule has 1 fully saturated rings. The van der Waals surface area contributed by atoms with Crippen molar-refractivity contribution < 1.29 is 14.3 Å². The van der Waals surface area contributed by atoms with E-state index in [0.29, 0.717) is 11.5 Å². The van der Waals surface area contributed by atoms with Gasteiger partial charge in [-0.05, 0) is 38.3 Å². The quantitative estimate of drug-likeness (QED) is 0.899. The highest BCUT2D eigenvalue weighted by atomic mass is 16.5. The second kappa shape index (κ2) is 7.31. The van der Waals surface area contributed by atoms with Crippen molar-refractivity contribution in [3.63, 3.8) is 0 Å². The fourth-order valence-electron chi connectivity index (χ4n) is 2.73. The average molecular weight is 292 g/mol. The number of rotatable bonds is 5. The highest BCUT2D eigenvalue weighted by Gasteiger charge is 2.29. The van der Waals surface area contributed by atoms with Crippen molar-refractivity contribution in [2.24, 2.45) is 5.73 Å². The van der Waals surface area contributed by atoms with Gasteiger partial charge in [-0.3, -0.25) is 4.79 Å². The number of likely N-dealkylation sites (tertiary alicyclic amines) is 1. The summed E-state index contributed by atoms with van der Waals surface area (Å²) in [6.07, 6.45) is 3.14. The third-order valence-electron chi connectivity index (χ3n) is 3.88. The summed E-state index contributed by atoms with van der Waals surface area (Å²) in [6.45, 7) is 2.77. The molecular formula is C16H24N2O3. The van der Waals surface area contributed by atoms with Crippen LogP contribution in [-0.4, -0.2) is 43.2 Å². The minimum absolute atomic E-state index is 0.000167. The second-order valence-electron chi connectivity index (χ2n) is 5.48. The van der Waals surface area contributed by atoms with Crippen LogP contribution in [0.1, 0.15) is 26.2 Å². The van der Waals surface area contributed by atoms with Gasteiger partial charge in [-0.1, -0.05) is 6.07 Å². The standard InChI is InChI=1S/C16H24N2O3/c1-12(17)15-8-3-4-9-18(15)16(19)11-21-14-7-5-6-13(10-14)20-2/h5-7,10,12,15H,3-4,8-9,11,17H2,1-2H3/t12-,15-/m0/s1. The van der Waals surface area contributed by atoms with E-state index in [0.717, 1.165) is 25.8 Å². The molecule has 2 rings (SSSR count). The number of nitrogens with zero attached hydrogens (tertiary/aromatic N) is 1. The van der Waals surface area contributed by atoms with Gasteiger partial charge in [-0.15, -0.1) is 0 Å². The maximum atomic E-state index is 12.4. The lowest BCUT2D eigenvalue weighted by atomic mass is 9.97. The first-order valence-electron chi connectivity index (χ1n) is 7.43. The smallest absolute Gasteiger partial charge is 0.260 e. The first kappa shape index (κ1) is 15.6. The van der Waals surface area contributed by atoms with Crippen molar-refractivity contribution in [3.8, 4) is 11.5 Å². The monoisotopic (exact) mass is 292 g/mol. The van der Waals surface area contributed by atoms with Gasteiger partial charge in [0.05, 0.1) is 7.11 Å². The maximum absolute atomic E-state index is 12.4. The van der Waals surface area contributed by atoms with Crippen molar-refractivity contribution >= 4 is 5.91 Å². The predicted octanol–water partition coefficient (Wildman–Crippen LogP) is 1.80. The zero-order valence-electron chi connectivity index (χ0n) is 12.7. The molecule has 0 saturated carbocycles. The van der Waals surface area contributed by atoms with Crippen molar-refractivity contribution in [2.75, 3.05) is 20.3 Å². The number of nitrogens with two attached hydrogens (primary N) is 1. The molecule has 1 aromatic carbocycles. The first-order chi connectivity index (χ1) is 10.1. The van der Waals surface area contributed by atoms with Crippen molar-refractivity contribution in [1.29, 1.82) is 0 Å². The highest BCUT2D eigenvalue weighted by molar-refractivity contribution is 5.78. The lowest BCUT2D eigenvalue weighted by Crippen LogP contribution is -2.52. The van der Waals surface area contributed by atoms with Crippen LogP contribution >= 0.6 is 0 Å². The van der Waals surface area contributed by atoms with E-state index in [1.807, 2.05) is 30.0 Å². The Bertz CT molecular complexity index is 476. The van der Waals surface area contributed by atoms with E-state index < -0.39 is 0 Å². The molecule has 1 aliphatic heterocycles. The SMILES string of the molecule is COc1cccc(OCC(=O)N2CCCC[C@H]2[C@H](C)N)c1. The molecule has 0 spiro atoms. The molecule has 0 aromatic heterocycles. The molecule has 5 heteroatoms. The zero-order chi connectivity index (χ0) is 15.2. The highest BCUT2D eigenvalue weighted by Crippen LogP contribution is 2.21. The fourth-order valence-corrected chi connectivity index (χ4v) is 2.73. The molecule has 1 aromatic rings. The number of hydrogen-bond donors (Lipinski definition) is 1. The van der Waals surface area contributed by atoms with Crippen LogP contribution in [0.3, 0.4) is 0 Å². The van der Waals surface area contributed by atoms with Crippen LogP contribution in [0.5, 0.6) is 11.5 Å². The lowest BCUT2D eigenvalue weighted by molar-refractivity contribution is -0.137. The Hall–Kier alpha value is -1.75. The zero-order valence-corrected chi connectivity index (χ0v) is 12.7. The maximum Gasteiger partial charge on any atom is 0.260 e. The largest absolute Gasteiger partial charge is 0.497 e. The van der Waals surface area contributed by atoms with Crippen LogP contribution in [0, 0.1) is 0 Å². The predicted molar refractivity (Wildman–Crippen MR) is 81.5 cm³/mol. The fraction of sp³-hybridized carbons (Fsp3) is 0.562. The summed E-state index contributed by atoms with van der Waals surface area (Å²) in [5.74, 6) is 1.35. The summed E-state index contributed by atoms with van der Waals surface area (Å²) in [4.78, 5) is 14.2. The molecule has 21 heavy (non-hydrogen) atoms. The number of hydrogen-bond acceptors (Lipinski definition) is 4. The van der Waals surface area contributed by atoms with E-state index in [9.17, 15) is 4.79 Å². The van der Waals surface area contributed by atoms with Crippen molar-refractivity contribution in [2.45, 2.75) is 38.3 Å². The van der Waals surface area contributed by atoms with E-state index in [1.54, 1.807) is 13.2 Å². The Labute approximate surface area is 126 Å². The lowest BCUT2D eigenvalue weighted by Gasteiger charge is -2.38. The van der Waals surface area contributed by atoms with E-state index in [2.05, 4.69) is 0 Å². The minimum Gasteiger partial charge on any atom is -0.497 e. The molecule has 0 radical (unpaired) electrons. The molecule has 0 aliphatic carbocycles. The van der Waals surface area contributed by atoms with Crippen LogP contribution < -0.4 is 15.2 Å². The van der Waals surface area contributed by atoms with E-state index in [1.165, 1.54) is 0 Å². The van der Waals surface area contributed by atoms with Crippen LogP contribution in [0.25, 0.3) is 0 Å². The molecule has 1 saturated heterocycles. The molecule has 2 atom stereocenters. The van der Waals surface area contributed by atoms with Crippen LogP contribution in [0.2, 0.25) is 0 Å². The molecule has 0 bridgehead atoms. The van der Waals surface area contributed by atoms with Crippen LogP contribution in [-0.2, 0) is 4.79 Å². The number of benzene rings is 1. The molecule has 116 valence electrons. The molecule has 2 N–H and O–H groups in total. The third-order valence-corrected chi connectivity index (χ3v) is 3.88. The van der Waals surface area contributed by atoms with Gasteiger partial charge in [0.25, 0.3) is 5.91 Å². The molecule has 1 amide bonds. The molecule has 1 aliphatic rings. The molecule has 5 nitrogen and oxygen atoms in total. The second-order valence-corrected chi connectivity index (χ2v) is 5.48. The van der Waals surface area contributed by atoms with Crippen LogP contribution in [0.4, 0.5) is 0 Å². The van der Waals surface area contributed by atoms with Crippen molar-refractivity contribution in [1.82, 2.24) is 4.90 Å². The van der Waals surface area contributed by atoms with E-state index in [-0.39, 0.29) is 24.6 Å². The van der Waals surface area contributed by atoms with Gasteiger partial charge in [0.1, 0.15) is 11.5 Å². The van der Waals surface area contributed by atoms with Gasteiger partial charge in [-0.2, -0.15) is 0 Å². The van der Waals surface area contributed by atoms with Crippen LogP contribution in [0.15, 0.2) is 24.3 Å². The van der Waals surface area contributed by atoms with Crippen molar-refractivity contribution in [3.05, 3.63) is 24.3 Å². The number of ether oxygens (including phenoxy) is 2. The van der Waals surface area contributed by atoms with E-state index in [4.69, 9.17) is 15.2 Å². The minimum atomic E-state index is -0.00827. The Kier molecular flexibility index (Phi) is 5.44. The Morgan fingerprint density at radius 2 is 2.19 bits per heavy atom. The Morgan fingerprint density at radius 1 is 1.43 bits per heavy atom. The number of amides is 1. The summed E-state index contributed by atoms with van der Waals surface area (Å²) < 4.78 is 10.7. The number of carbonyl (C=O) groups excluding carboxylic acids is 1. The summed E-state index contributed by atoms with van der Waals surface area (Å²) in [7, 11) is 1.60. The number of carbonyl (C=O) groups is 1. The molecular weight excluding hydrogens is 268 g/mol. The average Bonchev–Trinajstić information content (AvgIpc) is 2.52. The number of piperidine rings is 1. The molecule has 1 heterocycles. The topological polar surface area (TPSA) is 64.8 Å². The first-order valence-corrected chi connectivity index (χ1v) is 7.43. The van der Waals surface area contributed by atoms with Gasteiger partial charge in [-0.25, -0.2) is 0 Å². The summed E-state index contributed by atoms with van der Waals surface area (Å²) in [5.41, 5.74) is 5.99. The Balaban J connectivity index is 1.93. The summed E-state index contributed by atoms with van der Waals surface area (Å²) in [6, 6.07) is 7.38. The molecule has 0 unspecified atom stereocenters.